The van der Waals surface area contributed by atoms with Gasteiger partial charge in [0.05, 0.1) is 4.90 Å². The molecule has 0 bridgehead atoms. The van der Waals surface area contributed by atoms with Gasteiger partial charge >= 0.3 is 0 Å². The molecule has 5 nitrogen and oxygen atoms in total. The zero-order valence-electron chi connectivity index (χ0n) is 15.6. The van der Waals surface area contributed by atoms with Gasteiger partial charge in [0.1, 0.15) is 5.75 Å². The van der Waals surface area contributed by atoms with Gasteiger partial charge in [0, 0.05) is 38.3 Å². The summed E-state index contributed by atoms with van der Waals surface area (Å²) in [5, 5.41) is 12.3. The number of benzene rings is 3. The third kappa shape index (κ3) is 3.83. The number of nitrogens with zero attached hydrogens (tertiary/aromatic N) is 2. The second-order valence-electron chi connectivity index (χ2n) is 7.04. The fraction of sp³-hybridized carbons (Fsp3) is 0.238. The Kier molecular flexibility index (Phi) is 5.24. The predicted octanol–water partition coefficient (Wildman–Crippen LogP) is 3.33. The van der Waals surface area contributed by atoms with E-state index in [1.54, 1.807) is 6.07 Å². The highest BCUT2D eigenvalue weighted by Crippen LogP contribution is 2.29. The highest BCUT2D eigenvalue weighted by Gasteiger charge is 2.29. The van der Waals surface area contributed by atoms with Crippen LogP contribution in [0.1, 0.15) is 5.56 Å². The number of phenolic OH excluding ortho intramolecular Hbond substituents is 1. The van der Waals surface area contributed by atoms with Crippen molar-refractivity contribution in [2.75, 3.05) is 26.2 Å². The summed E-state index contributed by atoms with van der Waals surface area (Å²) in [4.78, 5) is 1.82. The van der Waals surface area contributed by atoms with Crippen molar-refractivity contribution >= 4 is 20.8 Å². The van der Waals surface area contributed by atoms with Crippen LogP contribution in [0.25, 0.3) is 10.8 Å². The van der Waals surface area contributed by atoms with E-state index in [1.807, 2.05) is 30.3 Å². The number of aromatic hydroxyl groups is 1. The van der Waals surface area contributed by atoms with E-state index in [9.17, 15) is 22.3 Å². The number of piperazine rings is 1. The van der Waals surface area contributed by atoms with Crippen molar-refractivity contribution in [1.29, 1.82) is 0 Å². The molecule has 152 valence electrons. The Bertz CT molecular complexity index is 1160. The minimum atomic E-state index is -3.89. The minimum Gasteiger partial charge on any atom is -0.508 e. The SMILES string of the molecule is O=S(=O)(c1ccc(F)c(F)c1)N1CCN(Cc2c(O)ccc3ccccc23)CC1. The lowest BCUT2D eigenvalue weighted by Gasteiger charge is -2.34. The number of rotatable bonds is 4. The van der Waals surface area contributed by atoms with Crippen molar-refractivity contribution in [2.24, 2.45) is 0 Å². The van der Waals surface area contributed by atoms with Crippen LogP contribution in [0.15, 0.2) is 59.5 Å². The van der Waals surface area contributed by atoms with Crippen LogP contribution < -0.4 is 0 Å². The molecule has 3 aromatic carbocycles. The van der Waals surface area contributed by atoms with Crippen molar-refractivity contribution in [3.05, 3.63) is 71.8 Å². The number of halogens is 2. The molecule has 0 radical (unpaired) electrons. The van der Waals surface area contributed by atoms with E-state index in [1.165, 1.54) is 4.31 Å². The van der Waals surface area contributed by atoms with E-state index in [4.69, 9.17) is 0 Å². The molecule has 3 aromatic rings. The van der Waals surface area contributed by atoms with Gasteiger partial charge in [-0.15, -0.1) is 0 Å². The van der Waals surface area contributed by atoms with E-state index in [2.05, 4.69) is 4.90 Å². The van der Waals surface area contributed by atoms with Gasteiger partial charge in [0.25, 0.3) is 0 Å². The molecular formula is C21H20F2N2O3S. The molecule has 0 spiro atoms. The number of sulfonamides is 1. The van der Waals surface area contributed by atoms with Gasteiger partial charge in [-0.3, -0.25) is 4.90 Å². The Labute approximate surface area is 167 Å². The molecule has 0 aromatic heterocycles. The highest BCUT2D eigenvalue weighted by molar-refractivity contribution is 7.89. The molecule has 0 aliphatic carbocycles. The number of hydrogen-bond acceptors (Lipinski definition) is 4. The molecule has 4 rings (SSSR count). The van der Waals surface area contributed by atoms with Gasteiger partial charge in [-0.2, -0.15) is 4.31 Å². The maximum absolute atomic E-state index is 13.5. The second kappa shape index (κ2) is 7.70. The van der Waals surface area contributed by atoms with Crippen LogP contribution in [0.5, 0.6) is 5.75 Å². The maximum Gasteiger partial charge on any atom is 0.243 e. The Balaban J connectivity index is 1.49. The summed E-state index contributed by atoms with van der Waals surface area (Å²) in [6, 6.07) is 13.9. The van der Waals surface area contributed by atoms with Gasteiger partial charge in [0.2, 0.25) is 10.0 Å². The lowest BCUT2D eigenvalue weighted by Crippen LogP contribution is -2.48. The quantitative estimate of drug-likeness (QED) is 0.706. The highest BCUT2D eigenvalue weighted by atomic mass is 32.2. The topological polar surface area (TPSA) is 60.9 Å². The van der Waals surface area contributed by atoms with Crippen LogP contribution in [-0.2, 0) is 16.6 Å². The van der Waals surface area contributed by atoms with Crippen molar-refractivity contribution < 1.29 is 22.3 Å². The standard InChI is InChI=1S/C21H20F2N2O3S/c22-19-7-6-16(13-20(19)23)29(27,28)25-11-9-24(10-12-25)14-18-17-4-2-1-3-15(17)5-8-21(18)26/h1-8,13,26H,9-12,14H2. The van der Waals surface area contributed by atoms with Crippen molar-refractivity contribution in [2.45, 2.75) is 11.4 Å². The summed E-state index contributed by atoms with van der Waals surface area (Å²) in [7, 11) is -3.89. The zero-order chi connectivity index (χ0) is 20.6. The van der Waals surface area contributed by atoms with Crippen LogP contribution >= 0.6 is 0 Å². The average molecular weight is 418 g/mol. The first-order valence-electron chi connectivity index (χ1n) is 9.23. The average Bonchev–Trinajstić information content (AvgIpc) is 2.72. The molecule has 1 aliphatic rings. The first kappa shape index (κ1) is 19.8. The van der Waals surface area contributed by atoms with Crippen molar-refractivity contribution in [3.8, 4) is 5.75 Å². The van der Waals surface area contributed by atoms with E-state index in [0.29, 0.717) is 25.7 Å². The lowest BCUT2D eigenvalue weighted by molar-refractivity contribution is 0.180. The lowest BCUT2D eigenvalue weighted by atomic mass is 10.0. The van der Waals surface area contributed by atoms with Gasteiger partial charge in [0.15, 0.2) is 11.6 Å². The Hall–Kier alpha value is -2.55. The molecule has 1 heterocycles. The smallest absolute Gasteiger partial charge is 0.243 e. The second-order valence-corrected chi connectivity index (χ2v) is 8.98. The Morgan fingerprint density at radius 2 is 1.62 bits per heavy atom. The van der Waals surface area contributed by atoms with Crippen LogP contribution in [0.4, 0.5) is 8.78 Å². The van der Waals surface area contributed by atoms with Gasteiger partial charge in [-0.05, 0) is 35.0 Å². The minimum absolute atomic E-state index is 0.209. The van der Waals surface area contributed by atoms with Crippen LogP contribution in [0.2, 0.25) is 0 Å². The van der Waals surface area contributed by atoms with Gasteiger partial charge < -0.3 is 5.11 Å². The van der Waals surface area contributed by atoms with Crippen molar-refractivity contribution in [3.63, 3.8) is 0 Å². The molecule has 1 saturated heterocycles. The first-order valence-corrected chi connectivity index (χ1v) is 10.7. The molecule has 1 aliphatic heterocycles. The fourth-order valence-corrected chi connectivity index (χ4v) is 5.06. The molecule has 0 saturated carbocycles. The summed E-state index contributed by atoms with van der Waals surface area (Å²) >= 11 is 0. The molecule has 0 atom stereocenters. The predicted molar refractivity (Wildman–Crippen MR) is 106 cm³/mol. The molecule has 29 heavy (non-hydrogen) atoms. The summed E-state index contributed by atoms with van der Waals surface area (Å²) in [5.41, 5.74) is 0.806. The Morgan fingerprint density at radius 1 is 0.897 bits per heavy atom. The Morgan fingerprint density at radius 3 is 2.34 bits per heavy atom. The molecule has 8 heteroatoms. The zero-order valence-corrected chi connectivity index (χ0v) is 16.4. The summed E-state index contributed by atoms with van der Waals surface area (Å²) in [5.74, 6) is -2.06. The molecular weight excluding hydrogens is 398 g/mol. The van der Waals surface area contributed by atoms with E-state index in [0.717, 1.165) is 28.5 Å². The molecule has 1 fully saturated rings. The van der Waals surface area contributed by atoms with E-state index in [-0.39, 0.29) is 23.7 Å². The molecule has 0 amide bonds. The van der Waals surface area contributed by atoms with Crippen LogP contribution in [0.3, 0.4) is 0 Å². The van der Waals surface area contributed by atoms with Crippen LogP contribution in [-0.4, -0.2) is 48.9 Å². The largest absolute Gasteiger partial charge is 0.508 e. The molecule has 1 N–H and O–H groups in total. The third-order valence-electron chi connectivity index (χ3n) is 5.26. The number of fused-ring (bicyclic) bond motifs is 1. The van der Waals surface area contributed by atoms with Gasteiger partial charge in [-0.1, -0.05) is 30.3 Å². The van der Waals surface area contributed by atoms with E-state index < -0.39 is 21.7 Å². The van der Waals surface area contributed by atoms with E-state index >= 15 is 0 Å². The monoisotopic (exact) mass is 418 g/mol. The van der Waals surface area contributed by atoms with Crippen LogP contribution in [0, 0.1) is 11.6 Å². The summed E-state index contributed by atoms with van der Waals surface area (Å²) < 4.78 is 53.3. The fourth-order valence-electron chi connectivity index (χ4n) is 3.63. The molecule has 0 unspecified atom stereocenters. The summed E-state index contributed by atoms with van der Waals surface area (Å²) in [6.07, 6.45) is 0. The summed E-state index contributed by atoms with van der Waals surface area (Å²) in [6.45, 7) is 1.88. The normalized spacial score (nSPS) is 16.3. The number of phenols is 1. The number of hydrogen-bond donors (Lipinski definition) is 1. The first-order chi connectivity index (χ1) is 13.9. The van der Waals surface area contributed by atoms with Gasteiger partial charge in [-0.25, -0.2) is 17.2 Å². The third-order valence-corrected chi connectivity index (χ3v) is 7.15. The van der Waals surface area contributed by atoms with Crippen molar-refractivity contribution in [1.82, 2.24) is 9.21 Å². The maximum atomic E-state index is 13.5.